The van der Waals surface area contributed by atoms with Crippen molar-refractivity contribution < 1.29 is 8.76 Å². The maximum Gasteiger partial charge on any atom is 0.198 e. The number of aliphatic imine (C=N–C) groups is 1. The van der Waals surface area contributed by atoms with Gasteiger partial charge in [-0.15, -0.1) is 0 Å². The number of nitrogens with zero attached hydrogens (tertiary/aromatic N) is 1. The number of para-hydroxylation sites is 1. The van der Waals surface area contributed by atoms with Crippen molar-refractivity contribution in [2.24, 2.45) is 4.99 Å². The van der Waals surface area contributed by atoms with Crippen molar-refractivity contribution >= 4 is 22.3 Å². The highest BCUT2D eigenvalue weighted by Gasteiger charge is 1.85. The summed E-state index contributed by atoms with van der Waals surface area (Å²) in [5.74, 6) is 0. The first-order chi connectivity index (χ1) is 5.29. The van der Waals surface area contributed by atoms with Crippen LogP contribution in [0.15, 0.2) is 35.3 Å². The predicted molar refractivity (Wildman–Crippen MR) is 45.4 cm³/mol. The molecule has 1 aromatic carbocycles. The van der Waals surface area contributed by atoms with E-state index in [0.29, 0.717) is 5.69 Å². The smallest absolute Gasteiger partial charge is 0.198 e. The normalized spacial score (nSPS) is 13.5. The summed E-state index contributed by atoms with van der Waals surface area (Å²) < 4.78 is 18.5. The van der Waals surface area contributed by atoms with Gasteiger partial charge in [-0.05, 0) is 12.1 Å². The standard InChI is InChI=1S/C7H7NO2S/c9-11(10)6-8-7-4-2-1-3-5-7/h1-6H,(H,9,10). The lowest BCUT2D eigenvalue weighted by atomic mass is 10.3. The van der Waals surface area contributed by atoms with Gasteiger partial charge in [0.25, 0.3) is 0 Å². The van der Waals surface area contributed by atoms with Crippen LogP contribution in [0.4, 0.5) is 5.69 Å². The van der Waals surface area contributed by atoms with Crippen molar-refractivity contribution in [3.8, 4) is 0 Å². The fourth-order valence-corrected chi connectivity index (χ4v) is 0.832. The number of benzene rings is 1. The van der Waals surface area contributed by atoms with Gasteiger partial charge in [-0.25, -0.2) is 9.20 Å². The second-order valence-electron chi connectivity index (χ2n) is 1.85. The van der Waals surface area contributed by atoms with Crippen LogP contribution in [0.1, 0.15) is 0 Å². The van der Waals surface area contributed by atoms with Crippen molar-refractivity contribution in [3.63, 3.8) is 0 Å². The van der Waals surface area contributed by atoms with E-state index in [1.165, 1.54) is 0 Å². The Bertz CT molecular complexity index is 271. The van der Waals surface area contributed by atoms with Crippen molar-refractivity contribution in [2.45, 2.75) is 0 Å². The fourth-order valence-electron chi connectivity index (χ4n) is 0.620. The summed E-state index contributed by atoms with van der Waals surface area (Å²) in [6.45, 7) is 0. The molecule has 3 nitrogen and oxygen atoms in total. The Kier molecular flexibility index (Phi) is 2.95. The van der Waals surface area contributed by atoms with Gasteiger partial charge in [0.1, 0.15) is 5.55 Å². The molecule has 1 atom stereocenters. The quantitative estimate of drug-likeness (QED) is 0.415. The van der Waals surface area contributed by atoms with Crippen molar-refractivity contribution in [3.05, 3.63) is 30.3 Å². The molecule has 11 heavy (non-hydrogen) atoms. The van der Waals surface area contributed by atoms with Crippen LogP contribution < -0.4 is 0 Å². The van der Waals surface area contributed by atoms with Gasteiger partial charge in [-0.3, -0.25) is 0 Å². The van der Waals surface area contributed by atoms with Crippen LogP contribution >= 0.6 is 0 Å². The van der Waals surface area contributed by atoms with Crippen LogP contribution in [0.2, 0.25) is 0 Å². The highest BCUT2D eigenvalue weighted by molar-refractivity contribution is 7.93. The Morgan fingerprint density at radius 2 is 2.00 bits per heavy atom. The molecule has 0 aromatic heterocycles. The van der Waals surface area contributed by atoms with Gasteiger partial charge in [0.2, 0.25) is 0 Å². The van der Waals surface area contributed by atoms with Crippen LogP contribution in [0.25, 0.3) is 0 Å². The average Bonchev–Trinajstić information content (AvgIpc) is 2.03. The topological polar surface area (TPSA) is 49.7 Å². The van der Waals surface area contributed by atoms with Gasteiger partial charge in [-0.1, -0.05) is 18.2 Å². The Hall–Kier alpha value is -1.00. The summed E-state index contributed by atoms with van der Waals surface area (Å²) in [6, 6.07) is 8.99. The molecule has 0 aliphatic carbocycles. The van der Waals surface area contributed by atoms with Crippen LogP contribution in [-0.4, -0.2) is 14.3 Å². The molecule has 0 fully saturated rings. The molecule has 0 saturated carbocycles. The molecule has 1 rings (SSSR count). The summed E-state index contributed by atoms with van der Waals surface area (Å²) >= 11 is -1.96. The molecular formula is C7H7NO2S. The van der Waals surface area contributed by atoms with Crippen LogP contribution in [0, 0.1) is 0 Å². The van der Waals surface area contributed by atoms with Crippen molar-refractivity contribution in [1.29, 1.82) is 0 Å². The van der Waals surface area contributed by atoms with E-state index in [0.717, 1.165) is 5.55 Å². The van der Waals surface area contributed by atoms with Gasteiger partial charge >= 0.3 is 0 Å². The second kappa shape index (κ2) is 4.00. The number of rotatable bonds is 2. The summed E-state index contributed by atoms with van der Waals surface area (Å²) in [6.07, 6.45) is 0. The number of hydrogen-bond donors (Lipinski definition) is 1. The third kappa shape index (κ3) is 3.06. The van der Waals surface area contributed by atoms with Gasteiger partial charge in [0.05, 0.1) is 5.69 Å². The lowest BCUT2D eigenvalue weighted by Gasteiger charge is -1.87. The Morgan fingerprint density at radius 1 is 1.36 bits per heavy atom. The first kappa shape index (κ1) is 8.10. The van der Waals surface area contributed by atoms with E-state index in [2.05, 4.69) is 4.99 Å². The van der Waals surface area contributed by atoms with E-state index >= 15 is 0 Å². The lowest BCUT2D eigenvalue weighted by Crippen LogP contribution is -1.83. The van der Waals surface area contributed by atoms with Crippen LogP contribution in [0.3, 0.4) is 0 Å². The minimum absolute atomic E-state index is 0.676. The summed E-state index contributed by atoms with van der Waals surface area (Å²) in [7, 11) is 0. The van der Waals surface area contributed by atoms with Crippen LogP contribution in [0.5, 0.6) is 0 Å². The van der Waals surface area contributed by atoms with E-state index in [4.69, 9.17) is 4.55 Å². The van der Waals surface area contributed by atoms with E-state index in [1.807, 2.05) is 18.2 Å². The Labute approximate surface area is 67.1 Å². The summed E-state index contributed by atoms with van der Waals surface area (Å²) in [4.78, 5) is 3.73. The molecule has 0 radical (unpaired) electrons. The van der Waals surface area contributed by atoms with Crippen molar-refractivity contribution in [2.75, 3.05) is 0 Å². The first-order valence-corrected chi connectivity index (χ1v) is 4.15. The van der Waals surface area contributed by atoms with Crippen LogP contribution in [-0.2, 0) is 11.1 Å². The molecule has 0 bridgehead atoms. The second-order valence-corrected chi connectivity index (χ2v) is 2.61. The highest BCUT2D eigenvalue weighted by Crippen LogP contribution is 2.08. The average molecular weight is 169 g/mol. The molecule has 1 unspecified atom stereocenters. The van der Waals surface area contributed by atoms with E-state index in [-0.39, 0.29) is 0 Å². The fraction of sp³-hybridized carbons (Fsp3) is 0. The highest BCUT2D eigenvalue weighted by atomic mass is 32.2. The maximum absolute atomic E-state index is 10.1. The molecule has 0 spiro atoms. The zero-order chi connectivity index (χ0) is 8.10. The minimum atomic E-state index is -1.96. The van der Waals surface area contributed by atoms with E-state index in [9.17, 15) is 4.21 Å². The number of hydrogen-bond acceptors (Lipinski definition) is 2. The van der Waals surface area contributed by atoms with Gasteiger partial charge < -0.3 is 4.55 Å². The molecule has 1 N–H and O–H groups in total. The van der Waals surface area contributed by atoms with Gasteiger partial charge in [0.15, 0.2) is 11.1 Å². The predicted octanol–water partition coefficient (Wildman–Crippen LogP) is 1.57. The molecule has 0 amide bonds. The lowest BCUT2D eigenvalue weighted by molar-refractivity contribution is 0.578. The van der Waals surface area contributed by atoms with E-state index in [1.54, 1.807) is 12.1 Å². The third-order valence-corrected chi connectivity index (χ3v) is 1.33. The first-order valence-electron chi connectivity index (χ1n) is 2.98. The molecule has 1 aromatic rings. The Balaban J connectivity index is 2.72. The molecule has 0 heterocycles. The molecule has 4 heteroatoms. The van der Waals surface area contributed by atoms with Gasteiger partial charge in [0, 0.05) is 0 Å². The molecule has 0 aliphatic heterocycles. The van der Waals surface area contributed by atoms with Gasteiger partial charge in [-0.2, -0.15) is 0 Å². The van der Waals surface area contributed by atoms with Crippen molar-refractivity contribution in [1.82, 2.24) is 0 Å². The molecule has 0 aliphatic rings. The SMILES string of the molecule is O=S(O)C=Nc1ccccc1. The minimum Gasteiger partial charge on any atom is -0.302 e. The monoisotopic (exact) mass is 169 g/mol. The molecular weight excluding hydrogens is 162 g/mol. The maximum atomic E-state index is 10.1. The molecule has 0 saturated heterocycles. The third-order valence-electron chi connectivity index (χ3n) is 1.05. The molecule has 58 valence electrons. The zero-order valence-electron chi connectivity index (χ0n) is 5.68. The Morgan fingerprint density at radius 3 is 2.55 bits per heavy atom. The largest absolute Gasteiger partial charge is 0.302 e. The summed E-state index contributed by atoms with van der Waals surface area (Å²) in [5.41, 5.74) is 1.66. The zero-order valence-corrected chi connectivity index (χ0v) is 6.49. The van der Waals surface area contributed by atoms with E-state index < -0.39 is 11.1 Å². The summed E-state index contributed by atoms with van der Waals surface area (Å²) in [5, 5.41) is 0.